The first-order chi connectivity index (χ1) is 14.3. The molecular weight excluding hydrogens is 487 g/mol. The molecule has 2 aromatic carbocycles. The van der Waals surface area contributed by atoms with Gasteiger partial charge in [0.2, 0.25) is 0 Å². The lowest BCUT2D eigenvalue weighted by Gasteiger charge is -2.34. The van der Waals surface area contributed by atoms with Gasteiger partial charge in [-0.2, -0.15) is 0 Å². The Morgan fingerprint density at radius 1 is 1.03 bits per heavy atom. The van der Waals surface area contributed by atoms with Crippen LogP contribution in [0.3, 0.4) is 0 Å². The molecule has 30 heavy (non-hydrogen) atoms. The van der Waals surface area contributed by atoms with Gasteiger partial charge in [0.1, 0.15) is 11.9 Å². The maximum absolute atomic E-state index is 6.11. The quantitative estimate of drug-likeness (QED) is 0.278. The van der Waals surface area contributed by atoms with Crippen LogP contribution in [0.1, 0.15) is 18.4 Å². The van der Waals surface area contributed by atoms with Crippen LogP contribution < -0.4 is 15.0 Å². The number of guanidine groups is 1. The monoisotopic (exact) mass is 518 g/mol. The van der Waals surface area contributed by atoms with E-state index in [1.165, 1.54) is 11.3 Å². The molecule has 0 amide bonds. The van der Waals surface area contributed by atoms with Crippen molar-refractivity contribution in [3.05, 3.63) is 72.3 Å². The molecule has 1 saturated heterocycles. The summed E-state index contributed by atoms with van der Waals surface area (Å²) in [7, 11) is 1.86. The standard InChI is InChI=1S/C24H30N4O.HI/c1-25-24(26-19-20-8-7-9-21(18-20)27-14-5-6-15-27)28-16-12-23(13-17-28)29-22-10-3-2-4-11-22;/h2-11,18,23H,12-17,19H2,1H3,(H,25,26);1H. The number of hydrogen-bond donors (Lipinski definition) is 1. The number of rotatable bonds is 5. The van der Waals surface area contributed by atoms with E-state index in [0.717, 1.165) is 57.3 Å². The van der Waals surface area contributed by atoms with Gasteiger partial charge in [-0.25, -0.2) is 0 Å². The van der Waals surface area contributed by atoms with Gasteiger partial charge in [-0.05, 0) is 29.8 Å². The van der Waals surface area contributed by atoms with E-state index in [1.807, 2.05) is 37.4 Å². The highest BCUT2D eigenvalue weighted by atomic mass is 127. The Hall–Kier alpha value is -2.22. The molecular formula is C24H31IN4O. The van der Waals surface area contributed by atoms with E-state index < -0.39 is 0 Å². The Morgan fingerprint density at radius 3 is 2.47 bits per heavy atom. The van der Waals surface area contributed by atoms with E-state index in [0.29, 0.717) is 0 Å². The summed E-state index contributed by atoms with van der Waals surface area (Å²) in [4.78, 5) is 9.21. The van der Waals surface area contributed by atoms with Crippen LogP contribution >= 0.6 is 24.0 Å². The first-order valence-electron chi connectivity index (χ1n) is 10.5. The van der Waals surface area contributed by atoms with Crippen LogP contribution in [0.25, 0.3) is 0 Å². The van der Waals surface area contributed by atoms with E-state index >= 15 is 0 Å². The summed E-state index contributed by atoms with van der Waals surface area (Å²) in [5, 5.41) is 3.54. The van der Waals surface area contributed by atoms with Crippen molar-refractivity contribution in [2.75, 3.05) is 38.1 Å². The van der Waals surface area contributed by atoms with Crippen LogP contribution in [-0.2, 0) is 6.54 Å². The van der Waals surface area contributed by atoms with Crippen molar-refractivity contribution < 1.29 is 4.74 Å². The molecule has 2 heterocycles. The molecule has 2 aliphatic rings. The third-order valence-electron chi connectivity index (χ3n) is 5.54. The van der Waals surface area contributed by atoms with Gasteiger partial charge in [0.15, 0.2) is 5.96 Å². The number of likely N-dealkylation sites (tertiary alicyclic amines) is 1. The summed E-state index contributed by atoms with van der Waals surface area (Å²) < 4.78 is 6.11. The number of aliphatic imine (C=N–C) groups is 1. The number of para-hydroxylation sites is 1. The van der Waals surface area contributed by atoms with Gasteiger partial charge in [0.25, 0.3) is 0 Å². The fraction of sp³-hybridized carbons (Fsp3) is 0.375. The van der Waals surface area contributed by atoms with Crippen molar-refractivity contribution in [3.8, 4) is 5.75 Å². The molecule has 0 bridgehead atoms. The molecule has 0 unspecified atom stereocenters. The Kier molecular flexibility index (Phi) is 8.42. The lowest BCUT2D eigenvalue weighted by Crippen LogP contribution is -2.47. The van der Waals surface area contributed by atoms with E-state index in [1.54, 1.807) is 0 Å². The molecule has 0 radical (unpaired) electrons. The Balaban J connectivity index is 0.00000256. The zero-order valence-electron chi connectivity index (χ0n) is 17.5. The van der Waals surface area contributed by atoms with Crippen LogP contribution in [0.15, 0.2) is 71.7 Å². The van der Waals surface area contributed by atoms with Gasteiger partial charge in [-0.15, -0.1) is 24.0 Å². The number of halogens is 1. The zero-order valence-corrected chi connectivity index (χ0v) is 19.9. The van der Waals surface area contributed by atoms with Crippen LogP contribution in [0, 0.1) is 0 Å². The summed E-state index contributed by atoms with van der Waals surface area (Å²) in [5.74, 6) is 1.93. The molecule has 0 aliphatic carbocycles. The largest absolute Gasteiger partial charge is 0.490 e. The van der Waals surface area contributed by atoms with E-state index in [9.17, 15) is 0 Å². The van der Waals surface area contributed by atoms with Crippen LogP contribution in [0.4, 0.5) is 5.69 Å². The molecule has 0 atom stereocenters. The topological polar surface area (TPSA) is 40.1 Å². The second kappa shape index (κ2) is 11.2. The van der Waals surface area contributed by atoms with Gasteiger partial charge >= 0.3 is 0 Å². The summed E-state index contributed by atoms with van der Waals surface area (Å²) in [6.45, 7) is 4.69. The van der Waals surface area contributed by atoms with Crippen molar-refractivity contribution in [1.29, 1.82) is 0 Å². The molecule has 1 fully saturated rings. The van der Waals surface area contributed by atoms with Gasteiger partial charge < -0.3 is 19.9 Å². The number of hydrogen-bond acceptors (Lipinski definition) is 3. The van der Waals surface area contributed by atoms with Gasteiger partial charge in [-0.1, -0.05) is 42.5 Å². The number of anilines is 1. The lowest BCUT2D eigenvalue weighted by atomic mass is 10.1. The van der Waals surface area contributed by atoms with E-state index in [4.69, 9.17) is 4.74 Å². The van der Waals surface area contributed by atoms with Crippen LogP contribution in [-0.4, -0.2) is 50.2 Å². The maximum Gasteiger partial charge on any atom is 0.193 e. The SMILES string of the molecule is CN=C(NCc1cccc(N2CC=CC2)c1)N1CCC(Oc2ccccc2)CC1.I. The van der Waals surface area contributed by atoms with E-state index in [2.05, 4.69) is 56.5 Å². The van der Waals surface area contributed by atoms with E-state index in [-0.39, 0.29) is 30.1 Å². The highest BCUT2D eigenvalue weighted by Gasteiger charge is 2.22. The Labute approximate surface area is 196 Å². The fourth-order valence-electron chi connectivity index (χ4n) is 3.94. The normalized spacial score (nSPS) is 17.0. The molecule has 5 nitrogen and oxygen atoms in total. The number of benzene rings is 2. The number of nitrogens with one attached hydrogen (secondary N) is 1. The highest BCUT2D eigenvalue weighted by Crippen LogP contribution is 2.20. The molecule has 4 rings (SSSR count). The minimum absolute atomic E-state index is 0. The molecule has 1 N–H and O–H groups in total. The molecule has 160 valence electrons. The average molecular weight is 518 g/mol. The van der Waals surface area contributed by atoms with Crippen LogP contribution in [0.2, 0.25) is 0 Å². The second-order valence-corrected chi connectivity index (χ2v) is 7.56. The van der Waals surface area contributed by atoms with Crippen molar-refractivity contribution in [2.45, 2.75) is 25.5 Å². The third-order valence-corrected chi connectivity index (χ3v) is 5.54. The third kappa shape index (κ3) is 5.90. The fourth-order valence-corrected chi connectivity index (χ4v) is 3.94. The zero-order chi connectivity index (χ0) is 19.9. The Bertz CT molecular complexity index is 839. The molecule has 0 saturated carbocycles. The van der Waals surface area contributed by atoms with Gasteiger partial charge in [0, 0.05) is 58.3 Å². The first kappa shape index (κ1) is 22.5. The number of ether oxygens (including phenoxy) is 1. The lowest BCUT2D eigenvalue weighted by molar-refractivity contribution is 0.129. The summed E-state index contributed by atoms with van der Waals surface area (Å²) >= 11 is 0. The molecule has 6 heteroatoms. The first-order valence-corrected chi connectivity index (χ1v) is 10.5. The molecule has 2 aliphatic heterocycles. The maximum atomic E-state index is 6.11. The predicted octanol–water partition coefficient (Wildman–Crippen LogP) is 4.30. The Morgan fingerprint density at radius 2 is 1.77 bits per heavy atom. The van der Waals surface area contributed by atoms with Gasteiger partial charge in [-0.3, -0.25) is 4.99 Å². The molecule has 0 aromatic heterocycles. The van der Waals surface area contributed by atoms with Crippen molar-refractivity contribution in [2.24, 2.45) is 4.99 Å². The average Bonchev–Trinajstić information content (AvgIpc) is 3.31. The number of nitrogens with zero attached hydrogens (tertiary/aromatic N) is 3. The van der Waals surface area contributed by atoms with Crippen molar-refractivity contribution in [1.82, 2.24) is 10.2 Å². The molecule has 0 spiro atoms. The van der Waals surface area contributed by atoms with Crippen molar-refractivity contribution in [3.63, 3.8) is 0 Å². The van der Waals surface area contributed by atoms with Gasteiger partial charge in [0.05, 0.1) is 0 Å². The summed E-state index contributed by atoms with van der Waals surface area (Å²) in [6, 6.07) is 18.9. The van der Waals surface area contributed by atoms with Crippen molar-refractivity contribution >= 4 is 35.6 Å². The minimum Gasteiger partial charge on any atom is -0.490 e. The molecule has 2 aromatic rings. The smallest absolute Gasteiger partial charge is 0.193 e. The highest BCUT2D eigenvalue weighted by molar-refractivity contribution is 14.0. The minimum atomic E-state index is 0. The van der Waals surface area contributed by atoms with Crippen LogP contribution in [0.5, 0.6) is 5.75 Å². The second-order valence-electron chi connectivity index (χ2n) is 7.56. The number of piperidine rings is 1. The summed E-state index contributed by atoms with van der Waals surface area (Å²) in [5.41, 5.74) is 2.56. The summed E-state index contributed by atoms with van der Waals surface area (Å²) in [6.07, 6.45) is 6.73. The predicted molar refractivity (Wildman–Crippen MR) is 135 cm³/mol.